The maximum atomic E-state index is 13.0. The standard InChI is InChI=1S/C23H25N5OS/c1-3-15-28-21(18-11-13-24-14-12-18)26-27-23(28)30-16(2)22(29)25-20-10-6-8-17-7-4-5-9-19(17)20/h3-5,7,9,11-14,16,20H,1,6,8,10,15H2,2H3,(H,25,29)/t16-,20-/m1/s1. The van der Waals surface area contributed by atoms with Crippen molar-refractivity contribution in [2.45, 2.75) is 49.2 Å². The zero-order chi connectivity index (χ0) is 20.9. The second-order valence-electron chi connectivity index (χ2n) is 7.35. The molecule has 0 unspecified atom stereocenters. The van der Waals surface area contributed by atoms with Gasteiger partial charge in [0.1, 0.15) is 0 Å². The first kappa shape index (κ1) is 20.3. The van der Waals surface area contributed by atoms with E-state index in [4.69, 9.17) is 0 Å². The van der Waals surface area contributed by atoms with Crippen molar-refractivity contribution in [3.8, 4) is 11.4 Å². The van der Waals surface area contributed by atoms with E-state index in [1.54, 1.807) is 12.4 Å². The van der Waals surface area contributed by atoms with Crippen molar-refractivity contribution >= 4 is 17.7 Å². The molecular weight excluding hydrogens is 394 g/mol. The molecule has 0 radical (unpaired) electrons. The number of amides is 1. The Labute approximate surface area is 180 Å². The lowest BCUT2D eigenvalue weighted by molar-refractivity contribution is -0.121. The molecule has 30 heavy (non-hydrogen) atoms. The van der Waals surface area contributed by atoms with Crippen LogP contribution in [0.15, 0.2) is 66.6 Å². The van der Waals surface area contributed by atoms with Crippen LogP contribution in [0.3, 0.4) is 0 Å². The first-order chi connectivity index (χ1) is 14.7. The SMILES string of the molecule is C=CCn1c(S[C@H](C)C(=O)N[C@@H]2CCCc3ccccc32)nnc1-c1ccncc1. The number of carbonyl (C=O) groups is 1. The summed E-state index contributed by atoms with van der Waals surface area (Å²) in [6, 6.07) is 12.3. The summed E-state index contributed by atoms with van der Waals surface area (Å²) in [5.41, 5.74) is 3.51. The minimum Gasteiger partial charge on any atom is -0.348 e. The third-order valence-corrected chi connectivity index (χ3v) is 6.38. The number of hydrogen-bond donors (Lipinski definition) is 1. The number of nitrogens with one attached hydrogen (secondary N) is 1. The zero-order valence-electron chi connectivity index (χ0n) is 17.0. The average Bonchev–Trinajstić information content (AvgIpc) is 3.17. The smallest absolute Gasteiger partial charge is 0.233 e. The van der Waals surface area contributed by atoms with Crippen molar-refractivity contribution < 1.29 is 4.79 Å². The molecule has 0 aliphatic heterocycles. The van der Waals surface area contributed by atoms with Gasteiger partial charge in [-0.25, -0.2) is 0 Å². The van der Waals surface area contributed by atoms with Crippen LogP contribution < -0.4 is 5.32 Å². The van der Waals surface area contributed by atoms with E-state index in [0.717, 1.165) is 30.7 Å². The van der Waals surface area contributed by atoms with Gasteiger partial charge in [-0.2, -0.15) is 0 Å². The van der Waals surface area contributed by atoms with Crippen molar-refractivity contribution in [1.29, 1.82) is 0 Å². The first-order valence-electron chi connectivity index (χ1n) is 10.2. The molecule has 2 aromatic heterocycles. The molecule has 1 aromatic carbocycles. The van der Waals surface area contributed by atoms with Crippen molar-refractivity contribution in [1.82, 2.24) is 25.1 Å². The summed E-state index contributed by atoms with van der Waals surface area (Å²) in [5.74, 6) is 0.758. The number of benzene rings is 1. The normalized spacial score (nSPS) is 16.5. The van der Waals surface area contributed by atoms with Gasteiger partial charge < -0.3 is 5.32 Å². The van der Waals surface area contributed by atoms with Crippen LogP contribution in [0.5, 0.6) is 0 Å². The summed E-state index contributed by atoms with van der Waals surface area (Å²) in [6.45, 7) is 6.32. The molecule has 0 saturated heterocycles. The predicted octanol–water partition coefficient (Wildman–Crippen LogP) is 4.20. The van der Waals surface area contributed by atoms with E-state index >= 15 is 0 Å². The molecule has 3 aromatic rings. The Morgan fingerprint density at radius 3 is 2.90 bits per heavy atom. The second-order valence-corrected chi connectivity index (χ2v) is 8.66. The lowest BCUT2D eigenvalue weighted by atomic mass is 9.88. The van der Waals surface area contributed by atoms with Gasteiger partial charge >= 0.3 is 0 Å². The van der Waals surface area contributed by atoms with E-state index in [9.17, 15) is 4.79 Å². The van der Waals surface area contributed by atoms with Gasteiger partial charge in [-0.3, -0.25) is 14.3 Å². The van der Waals surface area contributed by atoms with Crippen LogP contribution in [0.4, 0.5) is 0 Å². The van der Waals surface area contributed by atoms with E-state index in [2.05, 4.69) is 45.3 Å². The monoisotopic (exact) mass is 419 g/mol. The summed E-state index contributed by atoms with van der Waals surface area (Å²) < 4.78 is 1.98. The van der Waals surface area contributed by atoms with Gasteiger partial charge in [-0.1, -0.05) is 42.1 Å². The lowest BCUT2D eigenvalue weighted by Gasteiger charge is -2.27. The van der Waals surface area contributed by atoms with Crippen molar-refractivity contribution in [2.24, 2.45) is 0 Å². The number of rotatable bonds is 7. The largest absolute Gasteiger partial charge is 0.348 e. The Kier molecular flexibility index (Phi) is 6.28. The van der Waals surface area contributed by atoms with Crippen LogP contribution in [-0.4, -0.2) is 30.9 Å². The Bertz CT molecular complexity index is 1030. The van der Waals surface area contributed by atoms with E-state index in [0.29, 0.717) is 11.7 Å². The van der Waals surface area contributed by atoms with Gasteiger partial charge in [0.15, 0.2) is 11.0 Å². The fourth-order valence-electron chi connectivity index (χ4n) is 3.79. The number of pyridine rings is 1. The van der Waals surface area contributed by atoms with Gasteiger partial charge in [-0.05, 0) is 49.4 Å². The minimum absolute atomic E-state index is 0.0142. The number of fused-ring (bicyclic) bond motifs is 1. The second kappa shape index (κ2) is 9.26. The number of aromatic nitrogens is 4. The maximum Gasteiger partial charge on any atom is 0.233 e. The van der Waals surface area contributed by atoms with Crippen LogP contribution in [-0.2, 0) is 17.8 Å². The number of nitrogens with zero attached hydrogens (tertiary/aromatic N) is 4. The summed E-state index contributed by atoms with van der Waals surface area (Å²) in [5, 5.41) is 12.3. The Balaban J connectivity index is 1.49. The van der Waals surface area contributed by atoms with E-state index in [-0.39, 0.29) is 17.2 Å². The fourth-order valence-corrected chi connectivity index (χ4v) is 4.66. The molecule has 2 atom stereocenters. The zero-order valence-corrected chi connectivity index (χ0v) is 17.8. The van der Waals surface area contributed by atoms with Gasteiger partial charge in [0.25, 0.3) is 0 Å². The highest BCUT2D eigenvalue weighted by Gasteiger charge is 2.25. The average molecular weight is 420 g/mol. The van der Waals surface area contributed by atoms with Gasteiger partial charge in [-0.15, -0.1) is 16.8 Å². The van der Waals surface area contributed by atoms with E-state index < -0.39 is 0 Å². The molecule has 154 valence electrons. The number of allylic oxidation sites excluding steroid dienone is 1. The van der Waals surface area contributed by atoms with Crippen molar-refractivity contribution in [2.75, 3.05) is 0 Å². The van der Waals surface area contributed by atoms with Crippen LogP contribution in [0.2, 0.25) is 0 Å². The molecule has 0 bridgehead atoms. The molecule has 0 saturated carbocycles. The molecule has 0 fully saturated rings. The van der Waals surface area contributed by atoms with Crippen LogP contribution in [0, 0.1) is 0 Å². The third-order valence-electron chi connectivity index (χ3n) is 5.30. The maximum absolute atomic E-state index is 13.0. The van der Waals surface area contributed by atoms with Crippen molar-refractivity contribution in [3.63, 3.8) is 0 Å². The molecule has 2 heterocycles. The van der Waals surface area contributed by atoms with Crippen molar-refractivity contribution in [3.05, 3.63) is 72.6 Å². The van der Waals surface area contributed by atoms with Crippen LogP contribution in [0.25, 0.3) is 11.4 Å². The lowest BCUT2D eigenvalue weighted by Crippen LogP contribution is -2.36. The molecule has 1 N–H and O–H groups in total. The molecule has 7 heteroatoms. The third kappa shape index (κ3) is 4.31. The van der Waals surface area contributed by atoms with Gasteiger partial charge in [0.2, 0.25) is 5.91 Å². The molecule has 6 nitrogen and oxygen atoms in total. The predicted molar refractivity (Wildman–Crippen MR) is 119 cm³/mol. The van der Waals surface area contributed by atoms with Gasteiger partial charge in [0, 0.05) is 24.5 Å². The highest BCUT2D eigenvalue weighted by Crippen LogP contribution is 2.31. The molecule has 4 rings (SSSR count). The molecule has 0 spiro atoms. The molecule has 1 aliphatic carbocycles. The fraction of sp³-hybridized carbons (Fsp3) is 0.304. The number of carbonyl (C=O) groups excluding carboxylic acids is 1. The molecule has 1 amide bonds. The highest BCUT2D eigenvalue weighted by molar-refractivity contribution is 8.00. The molecule has 1 aliphatic rings. The molecular formula is C23H25N5OS. The topological polar surface area (TPSA) is 72.7 Å². The summed E-state index contributed by atoms with van der Waals surface area (Å²) in [7, 11) is 0. The van der Waals surface area contributed by atoms with E-state index in [1.165, 1.54) is 22.9 Å². The van der Waals surface area contributed by atoms with E-state index in [1.807, 2.05) is 35.8 Å². The number of thioether (sulfide) groups is 1. The highest BCUT2D eigenvalue weighted by atomic mass is 32.2. The Hall–Kier alpha value is -2.93. The minimum atomic E-state index is -0.294. The summed E-state index contributed by atoms with van der Waals surface area (Å²) in [6.07, 6.45) is 8.41. The first-order valence-corrected chi connectivity index (χ1v) is 11.0. The number of aryl methyl sites for hydroxylation is 1. The van der Waals surface area contributed by atoms with Gasteiger partial charge in [0.05, 0.1) is 11.3 Å². The summed E-state index contributed by atoms with van der Waals surface area (Å²) >= 11 is 1.42. The Morgan fingerprint density at radius 1 is 1.30 bits per heavy atom. The number of hydrogen-bond acceptors (Lipinski definition) is 5. The Morgan fingerprint density at radius 2 is 2.10 bits per heavy atom. The van der Waals surface area contributed by atoms with Crippen LogP contribution >= 0.6 is 11.8 Å². The summed E-state index contributed by atoms with van der Waals surface area (Å²) in [4.78, 5) is 17.0. The quantitative estimate of drug-likeness (QED) is 0.459. The van der Waals surface area contributed by atoms with Crippen LogP contribution in [0.1, 0.15) is 36.9 Å².